The summed E-state index contributed by atoms with van der Waals surface area (Å²) in [4.78, 5) is 26.0. The van der Waals surface area contributed by atoms with Crippen LogP contribution in [0.15, 0.2) is 50.5 Å². The van der Waals surface area contributed by atoms with Crippen molar-refractivity contribution in [2.24, 2.45) is 5.73 Å². The van der Waals surface area contributed by atoms with Gasteiger partial charge in [0, 0.05) is 42.2 Å². The fraction of sp³-hybridized carbons (Fsp3) is 0.429. The van der Waals surface area contributed by atoms with E-state index in [-0.39, 0.29) is 28.9 Å². The Kier molecular flexibility index (Phi) is 7.84. The zero-order valence-corrected chi connectivity index (χ0v) is 22.1. The minimum absolute atomic E-state index is 0.0148. The summed E-state index contributed by atoms with van der Waals surface area (Å²) in [5.74, 6) is 0.187. The van der Waals surface area contributed by atoms with E-state index in [0.717, 1.165) is 11.6 Å². The number of aromatic hydroxyl groups is 1. The molecule has 0 saturated carbocycles. The molecule has 0 unspecified atom stereocenters. The molecule has 0 spiro atoms. The summed E-state index contributed by atoms with van der Waals surface area (Å²) in [6.07, 6.45) is 5.66. The van der Waals surface area contributed by atoms with Crippen molar-refractivity contribution >= 4 is 16.9 Å². The summed E-state index contributed by atoms with van der Waals surface area (Å²) in [5, 5.41) is 27.0. The number of phenolic OH excluding ortho intramolecular Hbond substituents is 1. The topological polar surface area (TPSA) is 156 Å². The van der Waals surface area contributed by atoms with Gasteiger partial charge >= 0.3 is 5.97 Å². The number of rotatable bonds is 8. The van der Waals surface area contributed by atoms with E-state index >= 15 is 0 Å². The quantitative estimate of drug-likeness (QED) is 0.255. The van der Waals surface area contributed by atoms with Crippen LogP contribution in [-0.4, -0.2) is 48.0 Å². The van der Waals surface area contributed by atoms with Gasteiger partial charge in [0.15, 0.2) is 5.43 Å². The maximum atomic E-state index is 13.0. The van der Waals surface area contributed by atoms with Crippen molar-refractivity contribution in [2.45, 2.75) is 58.3 Å². The molecule has 2 aliphatic heterocycles. The highest BCUT2D eigenvalue weighted by Crippen LogP contribution is 2.47. The lowest BCUT2D eigenvalue weighted by atomic mass is 9.86. The fourth-order valence-corrected chi connectivity index (χ4v) is 4.78. The van der Waals surface area contributed by atoms with Gasteiger partial charge < -0.3 is 40.5 Å². The zero-order valence-electron chi connectivity index (χ0n) is 22.1. The van der Waals surface area contributed by atoms with E-state index in [1.807, 2.05) is 27.0 Å². The van der Waals surface area contributed by atoms with Gasteiger partial charge in [-0.1, -0.05) is 12.2 Å². The third-order valence-corrected chi connectivity index (χ3v) is 6.93. The summed E-state index contributed by atoms with van der Waals surface area (Å²) >= 11 is 0. The highest BCUT2D eigenvalue weighted by molar-refractivity contribution is 5.91. The Hall–Kier alpha value is -3.76. The first-order valence-corrected chi connectivity index (χ1v) is 12.6. The van der Waals surface area contributed by atoms with Crippen molar-refractivity contribution in [3.63, 3.8) is 0 Å². The lowest BCUT2D eigenvalue weighted by Gasteiger charge is -2.40. The van der Waals surface area contributed by atoms with Gasteiger partial charge in [0.05, 0.1) is 5.82 Å². The number of phenols is 1. The average Bonchev–Trinajstić information content (AvgIpc) is 2.87. The molecule has 2 aliphatic rings. The molecule has 1 aromatic heterocycles. The number of allylic oxidation sites excluding steroid dienone is 3. The van der Waals surface area contributed by atoms with Gasteiger partial charge in [-0.25, -0.2) is 4.79 Å². The van der Waals surface area contributed by atoms with Crippen molar-refractivity contribution in [2.75, 3.05) is 20.1 Å². The molecule has 0 fully saturated rings. The molecular formula is C28H35N3O7. The summed E-state index contributed by atoms with van der Waals surface area (Å²) in [6, 6.07) is 1.16. The van der Waals surface area contributed by atoms with Crippen LogP contribution in [-0.2, 0) is 29.0 Å². The van der Waals surface area contributed by atoms with Crippen molar-refractivity contribution in [3.8, 4) is 11.5 Å². The Bertz CT molecular complexity index is 1400. The van der Waals surface area contributed by atoms with Gasteiger partial charge in [-0.05, 0) is 52.4 Å². The van der Waals surface area contributed by atoms with E-state index in [0.29, 0.717) is 54.2 Å². The number of hydrogen-bond donors (Lipinski definition) is 5. The fourth-order valence-electron chi connectivity index (χ4n) is 4.78. The van der Waals surface area contributed by atoms with Crippen LogP contribution in [0, 0.1) is 0 Å². The molecule has 6 N–H and O–H groups in total. The van der Waals surface area contributed by atoms with Crippen LogP contribution in [0.1, 0.15) is 44.1 Å². The number of dihydropyridines is 1. The standard InChI is InChI=1S/C28H35N3O7/c1-5-16(7-8-30-4)27(35)37-21-13-18-24(34)23-20(33)12-17(14-32)36-26(23)19(25(18)38-28(21,2)3)10-15-6-9-31-22(29)11-15/h5-6,11-12,21,30-32,34H,7-10,13-14,29H2,1-4H3/b16-5-/t21-/m1/s1. The predicted molar refractivity (Wildman–Crippen MR) is 143 cm³/mol. The number of fused-ring (bicyclic) bond motifs is 2. The molecule has 1 atom stereocenters. The van der Waals surface area contributed by atoms with E-state index in [1.54, 1.807) is 19.1 Å². The molecule has 204 valence electrons. The predicted octanol–water partition coefficient (Wildman–Crippen LogP) is 2.04. The largest absolute Gasteiger partial charge is 0.507 e. The van der Waals surface area contributed by atoms with Crippen LogP contribution in [0.4, 0.5) is 0 Å². The number of aliphatic hydroxyl groups is 1. The van der Waals surface area contributed by atoms with E-state index in [9.17, 15) is 19.8 Å². The Balaban J connectivity index is 1.84. The second kappa shape index (κ2) is 10.9. The zero-order chi connectivity index (χ0) is 27.6. The van der Waals surface area contributed by atoms with Crippen LogP contribution >= 0.6 is 0 Å². The van der Waals surface area contributed by atoms with Gasteiger partial charge in [-0.2, -0.15) is 0 Å². The first-order valence-electron chi connectivity index (χ1n) is 12.6. The minimum atomic E-state index is -0.967. The molecule has 0 bridgehead atoms. The lowest BCUT2D eigenvalue weighted by Crippen LogP contribution is -2.49. The molecule has 3 heterocycles. The molecular weight excluding hydrogens is 490 g/mol. The van der Waals surface area contributed by atoms with E-state index < -0.39 is 29.7 Å². The van der Waals surface area contributed by atoms with Crippen molar-refractivity contribution in [3.05, 3.63) is 68.4 Å². The number of nitrogens with one attached hydrogen (secondary N) is 2. The number of carbonyl (C=O) groups excluding carboxylic acids is 1. The Labute approximate surface area is 220 Å². The van der Waals surface area contributed by atoms with Crippen LogP contribution in [0.3, 0.4) is 0 Å². The number of esters is 1. The SMILES string of the molecule is C/C=C(/CCNC)C(=O)O[C@@H]1Cc2c(c(CC3=CCNC(N)=C3)c3oc(CO)cc(=O)c3c2O)OC1(C)C. The summed E-state index contributed by atoms with van der Waals surface area (Å²) in [5.41, 5.74) is 6.95. The first kappa shape index (κ1) is 27.3. The number of nitrogens with two attached hydrogens (primary N) is 1. The summed E-state index contributed by atoms with van der Waals surface area (Å²) < 4.78 is 18.2. The molecule has 0 radical (unpaired) electrons. The van der Waals surface area contributed by atoms with E-state index in [2.05, 4.69) is 10.6 Å². The summed E-state index contributed by atoms with van der Waals surface area (Å²) in [6.45, 7) is 6.08. The first-order chi connectivity index (χ1) is 18.1. The molecule has 4 rings (SSSR count). The van der Waals surface area contributed by atoms with E-state index in [1.165, 1.54) is 0 Å². The molecule has 1 aromatic carbocycles. The van der Waals surface area contributed by atoms with Gasteiger partial charge in [0.2, 0.25) is 0 Å². The van der Waals surface area contributed by atoms with Crippen molar-refractivity contribution < 1.29 is 28.9 Å². The Morgan fingerprint density at radius 1 is 1.39 bits per heavy atom. The molecule has 38 heavy (non-hydrogen) atoms. The van der Waals surface area contributed by atoms with Crippen LogP contribution in [0.2, 0.25) is 0 Å². The van der Waals surface area contributed by atoms with Gasteiger partial charge in [-0.3, -0.25) is 4.79 Å². The molecule has 10 nitrogen and oxygen atoms in total. The average molecular weight is 526 g/mol. The van der Waals surface area contributed by atoms with Crippen LogP contribution in [0.5, 0.6) is 11.5 Å². The highest BCUT2D eigenvalue weighted by Gasteiger charge is 2.43. The minimum Gasteiger partial charge on any atom is -0.507 e. The molecule has 2 aromatic rings. The number of carbonyl (C=O) groups is 1. The molecule has 0 saturated heterocycles. The highest BCUT2D eigenvalue weighted by atomic mass is 16.6. The molecule has 0 amide bonds. The lowest BCUT2D eigenvalue weighted by molar-refractivity contribution is -0.156. The van der Waals surface area contributed by atoms with Gasteiger partial charge in [0.25, 0.3) is 0 Å². The van der Waals surface area contributed by atoms with Crippen LogP contribution < -0.4 is 26.5 Å². The third kappa shape index (κ3) is 5.27. The van der Waals surface area contributed by atoms with Gasteiger partial charge in [-0.15, -0.1) is 0 Å². The molecule has 0 aliphatic carbocycles. The number of hydrogen-bond acceptors (Lipinski definition) is 10. The van der Waals surface area contributed by atoms with E-state index in [4.69, 9.17) is 19.6 Å². The second-order valence-electron chi connectivity index (χ2n) is 9.98. The number of aliphatic hydroxyl groups excluding tert-OH is 1. The monoisotopic (exact) mass is 525 g/mol. The maximum absolute atomic E-state index is 13.0. The van der Waals surface area contributed by atoms with Crippen molar-refractivity contribution in [1.82, 2.24) is 10.6 Å². The second-order valence-corrected chi connectivity index (χ2v) is 9.98. The van der Waals surface area contributed by atoms with Crippen molar-refractivity contribution in [1.29, 1.82) is 0 Å². The third-order valence-electron chi connectivity index (χ3n) is 6.93. The Morgan fingerprint density at radius 3 is 2.82 bits per heavy atom. The normalized spacial score (nSPS) is 18.7. The summed E-state index contributed by atoms with van der Waals surface area (Å²) in [7, 11) is 1.81. The number of ether oxygens (including phenoxy) is 2. The Morgan fingerprint density at radius 2 is 2.16 bits per heavy atom. The van der Waals surface area contributed by atoms with Crippen LogP contribution in [0.25, 0.3) is 11.0 Å². The molecule has 10 heteroatoms. The maximum Gasteiger partial charge on any atom is 0.334 e. The van der Waals surface area contributed by atoms with Gasteiger partial charge in [0.1, 0.15) is 46.5 Å². The smallest absolute Gasteiger partial charge is 0.334 e. The number of benzene rings is 1.